The molecule has 1 aromatic heterocycles. The Hall–Kier alpha value is -1.78. The van der Waals surface area contributed by atoms with Crippen molar-refractivity contribution in [2.45, 2.75) is 63.6 Å². The quantitative estimate of drug-likeness (QED) is 0.648. The van der Waals surface area contributed by atoms with Gasteiger partial charge in [-0.3, -0.25) is 4.79 Å². The lowest BCUT2D eigenvalue weighted by molar-refractivity contribution is -0.138. The SMILES string of the molecule is CCCC(=O)N1CCC[C@H](NS(C)(=O)=O)[C@@H]1COC1CCN(c2ncccn2)CC1. The van der Waals surface area contributed by atoms with Gasteiger partial charge in [-0.25, -0.2) is 23.1 Å². The molecule has 0 aromatic carbocycles. The second kappa shape index (κ2) is 10.5. The molecule has 10 heteroatoms. The highest BCUT2D eigenvalue weighted by atomic mass is 32.2. The van der Waals surface area contributed by atoms with Crippen LogP contribution in [0.1, 0.15) is 45.4 Å². The molecule has 0 unspecified atom stereocenters. The number of hydrogen-bond acceptors (Lipinski definition) is 7. The average Bonchev–Trinajstić information content (AvgIpc) is 2.73. The predicted molar refractivity (Wildman–Crippen MR) is 115 cm³/mol. The molecule has 0 bridgehead atoms. The van der Waals surface area contributed by atoms with Gasteiger partial charge in [0, 0.05) is 44.5 Å². The van der Waals surface area contributed by atoms with Gasteiger partial charge < -0.3 is 14.5 Å². The molecule has 30 heavy (non-hydrogen) atoms. The third-order valence-electron chi connectivity index (χ3n) is 5.71. The number of ether oxygens (including phenoxy) is 1. The minimum atomic E-state index is -3.36. The van der Waals surface area contributed by atoms with Crippen LogP contribution >= 0.6 is 0 Å². The highest BCUT2D eigenvalue weighted by Crippen LogP contribution is 2.23. The number of carbonyl (C=O) groups excluding carboxylic acids is 1. The zero-order valence-corrected chi connectivity index (χ0v) is 18.7. The normalized spacial score (nSPS) is 23.5. The van der Waals surface area contributed by atoms with Gasteiger partial charge in [0.15, 0.2) is 0 Å². The molecule has 1 N–H and O–H groups in total. The van der Waals surface area contributed by atoms with Gasteiger partial charge in [0.2, 0.25) is 21.9 Å². The van der Waals surface area contributed by atoms with E-state index in [1.54, 1.807) is 18.5 Å². The van der Waals surface area contributed by atoms with Crippen molar-refractivity contribution in [3.63, 3.8) is 0 Å². The highest BCUT2D eigenvalue weighted by molar-refractivity contribution is 7.88. The largest absolute Gasteiger partial charge is 0.376 e. The van der Waals surface area contributed by atoms with Gasteiger partial charge in [0.25, 0.3) is 0 Å². The summed E-state index contributed by atoms with van der Waals surface area (Å²) in [6.07, 6.45) is 9.15. The smallest absolute Gasteiger partial charge is 0.225 e. The summed E-state index contributed by atoms with van der Waals surface area (Å²) in [5.74, 6) is 0.805. The van der Waals surface area contributed by atoms with Crippen LogP contribution in [0.25, 0.3) is 0 Å². The molecule has 3 rings (SSSR count). The van der Waals surface area contributed by atoms with E-state index in [1.807, 2.05) is 11.8 Å². The minimum absolute atomic E-state index is 0.0714. The Labute approximate surface area is 179 Å². The van der Waals surface area contributed by atoms with Crippen LogP contribution in [0.5, 0.6) is 0 Å². The van der Waals surface area contributed by atoms with E-state index < -0.39 is 10.0 Å². The van der Waals surface area contributed by atoms with Crippen molar-refractivity contribution < 1.29 is 17.9 Å². The minimum Gasteiger partial charge on any atom is -0.376 e. The zero-order chi connectivity index (χ0) is 21.6. The van der Waals surface area contributed by atoms with Gasteiger partial charge in [-0.1, -0.05) is 6.92 Å². The summed E-state index contributed by atoms with van der Waals surface area (Å²) in [6.45, 7) is 4.59. The third kappa shape index (κ3) is 6.36. The number of rotatable bonds is 8. The third-order valence-corrected chi connectivity index (χ3v) is 6.44. The standard InChI is InChI=1S/C20H33N5O4S/c1-3-6-19(26)25-12-4-7-17(23-30(2,27)28)18(25)15-29-16-8-13-24(14-9-16)20-21-10-5-11-22-20/h5,10-11,16-18,23H,3-4,6-9,12-15H2,1-2H3/t17-,18-/m0/s1. The van der Waals surface area contributed by atoms with Crippen LogP contribution in [0, 0.1) is 0 Å². The Morgan fingerprint density at radius 3 is 2.53 bits per heavy atom. The maximum Gasteiger partial charge on any atom is 0.225 e. The summed E-state index contributed by atoms with van der Waals surface area (Å²) in [7, 11) is -3.36. The summed E-state index contributed by atoms with van der Waals surface area (Å²) in [5.41, 5.74) is 0. The zero-order valence-electron chi connectivity index (χ0n) is 17.9. The van der Waals surface area contributed by atoms with Crippen LogP contribution in [0.15, 0.2) is 18.5 Å². The maximum absolute atomic E-state index is 12.6. The molecule has 9 nitrogen and oxygen atoms in total. The predicted octanol–water partition coefficient (Wildman–Crippen LogP) is 1.17. The van der Waals surface area contributed by atoms with Crippen LogP contribution < -0.4 is 9.62 Å². The summed E-state index contributed by atoms with van der Waals surface area (Å²) in [5, 5.41) is 0. The highest BCUT2D eigenvalue weighted by Gasteiger charge is 2.36. The van der Waals surface area contributed by atoms with E-state index in [1.165, 1.54) is 6.26 Å². The fourth-order valence-corrected chi connectivity index (χ4v) is 5.08. The molecule has 2 atom stereocenters. The lowest BCUT2D eigenvalue weighted by atomic mass is 9.96. The number of piperidine rings is 2. The van der Waals surface area contributed by atoms with Crippen LogP contribution in [-0.2, 0) is 19.6 Å². The number of anilines is 1. The number of likely N-dealkylation sites (tertiary alicyclic amines) is 1. The number of sulfonamides is 1. The lowest BCUT2D eigenvalue weighted by Crippen LogP contribution is -2.59. The Balaban J connectivity index is 1.59. The fraction of sp³-hybridized carbons (Fsp3) is 0.750. The first kappa shape index (κ1) is 22.9. The van der Waals surface area contributed by atoms with Crippen molar-refractivity contribution in [1.29, 1.82) is 0 Å². The van der Waals surface area contributed by atoms with E-state index in [-0.39, 0.29) is 24.1 Å². The number of nitrogens with one attached hydrogen (secondary N) is 1. The van der Waals surface area contributed by atoms with Gasteiger partial charge in [0.05, 0.1) is 25.0 Å². The number of carbonyl (C=O) groups is 1. The van der Waals surface area contributed by atoms with Crippen molar-refractivity contribution >= 4 is 21.9 Å². The van der Waals surface area contributed by atoms with Crippen molar-refractivity contribution in [3.05, 3.63) is 18.5 Å². The Bertz CT molecular complexity index is 784. The molecule has 0 aliphatic carbocycles. The lowest BCUT2D eigenvalue weighted by Gasteiger charge is -2.42. The van der Waals surface area contributed by atoms with E-state index in [2.05, 4.69) is 19.6 Å². The maximum atomic E-state index is 12.6. The van der Waals surface area contributed by atoms with E-state index >= 15 is 0 Å². The van der Waals surface area contributed by atoms with E-state index in [0.717, 1.165) is 44.7 Å². The molecule has 2 saturated heterocycles. The molecule has 2 fully saturated rings. The van der Waals surface area contributed by atoms with E-state index in [4.69, 9.17) is 4.74 Å². The van der Waals surface area contributed by atoms with Gasteiger partial charge in [-0.15, -0.1) is 0 Å². The van der Waals surface area contributed by atoms with Gasteiger partial charge >= 0.3 is 0 Å². The molecular weight excluding hydrogens is 406 g/mol. The first-order valence-electron chi connectivity index (χ1n) is 10.8. The second-order valence-corrected chi connectivity index (χ2v) is 9.89. The van der Waals surface area contributed by atoms with Gasteiger partial charge in [0.1, 0.15) is 0 Å². The summed E-state index contributed by atoms with van der Waals surface area (Å²) >= 11 is 0. The molecule has 1 aromatic rings. The van der Waals surface area contributed by atoms with E-state index in [0.29, 0.717) is 26.0 Å². The van der Waals surface area contributed by atoms with E-state index in [9.17, 15) is 13.2 Å². The Morgan fingerprint density at radius 1 is 1.20 bits per heavy atom. The fourth-order valence-electron chi connectivity index (χ4n) is 4.25. The molecule has 2 aliphatic rings. The summed E-state index contributed by atoms with van der Waals surface area (Å²) in [6, 6.07) is 1.21. The molecule has 1 amide bonds. The van der Waals surface area contributed by atoms with Gasteiger partial charge in [-0.2, -0.15) is 0 Å². The number of amides is 1. The monoisotopic (exact) mass is 439 g/mol. The number of aromatic nitrogens is 2. The second-order valence-electron chi connectivity index (χ2n) is 8.11. The first-order chi connectivity index (χ1) is 14.4. The van der Waals surface area contributed by atoms with Crippen molar-refractivity contribution in [1.82, 2.24) is 19.6 Å². The molecule has 2 aliphatic heterocycles. The molecular formula is C20H33N5O4S. The van der Waals surface area contributed by atoms with Crippen molar-refractivity contribution in [2.75, 3.05) is 37.4 Å². The van der Waals surface area contributed by atoms with Crippen molar-refractivity contribution in [2.24, 2.45) is 0 Å². The molecule has 3 heterocycles. The van der Waals surface area contributed by atoms with Crippen LogP contribution in [0.3, 0.4) is 0 Å². The van der Waals surface area contributed by atoms with Crippen LogP contribution in [0.2, 0.25) is 0 Å². The van der Waals surface area contributed by atoms with Crippen molar-refractivity contribution in [3.8, 4) is 0 Å². The van der Waals surface area contributed by atoms with Crippen LogP contribution in [0.4, 0.5) is 5.95 Å². The topological polar surface area (TPSA) is 105 Å². The molecule has 168 valence electrons. The molecule has 0 saturated carbocycles. The number of nitrogens with zero attached hydrogens (tertiary/aromatic N) is 4. The van der Waals surface area contributed by atoms with Gasteiger partial charge in [-0.05, 0) is 38.2 Å². The summed E-state index contributed by atoms with van der Waals surface area (Å²) < 4.78 is 32.6. The molecule has 0 spiro atoms. The van der Waals surface area contributed by atoms with Crippen LogP contribution in [-0.4, -0.2) is 79.9 Å². The number of hydrogen-bond donors (Lipinski definition) is 1. The Morgan fingerprint density at radius 2 is 1.90 bits per heavy atom. The average molecular weight is 440 g/mol. The Kier molecular flexibility index (Phi) is 8.01. The molecule has 0 radical (unpaired) electrons. The summed E-state index contributed by atoms with van der Waals surface area (Å²) in [4.78, 5) is 25.2. The first-order valence-corrected chi connectivity index (χ1v) is 12.7.